The minimum absolute atomic E-state index is 0.410. The highest BCUT2D eigenvalue weighted by molar-refractivity contribution is 5.54. The molecule has 1 rings (SSSR count). The number of para-hydroxylation sites is 1. The van der Waals surface area contributed by atoms with E-state index < -0.39 is 6.10 Å². The summed E-state index contributed by atoms with van der Waals surface area (Å²) in [6.45, 7) is 6.07. The molecule has 0 amide bonds. The van der Waals surface area contributed by atoms with Gasteiger partial charge in [-0.05, 0) is 26.8 Å². The standard InChI is InChI=1S/C12H19NO/c1-9(2)13(4)12-8-6-5-7-11(12)10(3)14/h5-10,14H,1-4H3/t10-/m0/s1. The van der Waals surface area contributed by atoms with Gasteiger partial charge in [-0.15, -0.1) is 0 Å². The molecule has 0 aliphatic rings. The van der Waals surface area contributed by atoms with Gasteiger partial charge >= 0.3 is 0 Å². The Hall–Kier alpha value is -1.02. The maximum atomic E-state index is 9.61. The van der Waals surface area contributed by atoms with E-state index in [-0.39, 0.29) is 0 Å². The van der Waals surface area contributed by atoms with Crippen LogP contribution in [0.4, 0.5) is 5.69 Å². The number of rotatable bonds is 3. The molecule has 1 N–H and O–H groups in total. The Morgan fingerprint density at radius 3 is 2.21 bits per heavy atom. The van der Waals surface area contributed by atoms with Crippen molar-refractivity contribution in [2.45, 2.75) is 32.9 Å². The molecule has 0 heterocycles. The molecule has 2 nitrogen and oxygen atoms in total. The minimum Gasteiger partial charge on any atom is -0.389 e. The van der Waals surface area contributed by atoms with Crippen molar-refractivity contribution in [1.29, 1.82) is 0 Å². The van der Waals surface area contributed by atoms with E-state index in [1.807, 2.05) is 31.3 Å². The van der Waals surface area contributed by atoms with Crippen molar-refractivity contribution in [3.8, 4) is 0 Å². The van der Waals surface area contributed by atoms with Crippen molar-refractivity contribution in [2.24, 2.45) is 0 Å². The molecule has 1 aromatic rings. The van der Waals surface area contributed by atoms with Crippen LogP contribution in [0.3, 0.4) is 0 Å². The van der Waals surface area contributed by atoms with Crippen molar-refractivity contribution in [1.82, 2.24) is 0 Å². The van der Waals surface area contributed by atoms with E-state index in [1.54, 1.807) is 6.92 Å². The van der Waals surface area contributed by atoms with E-state index in [9.17, 15) is 5.11 Å². The van der Waals surface area contributed by atoms with Crippen LogP contribution in [-0.2, 0) is 0 Å². The van der Waals surface area contributed by atoms with Gasteiger partial charge in [0.1, 0.15) is 0 Å². The highest BCUT2D eigenvalue weighted by Crippen LogP contribution is 2.26. The summed E-state index contributed by atoms with van der Waals surface area (Å²) < 4.78 is 0. The summed E-state index contributed by atoms with van der Waals surface area (Å²) in [7, 11) is 2.05. The number of benzene rings is 1. The number of aliphatic hydroxyl groups excluding tert-OH is 1. The maximum Gasteiger partial charge on any atom is 0.0781 e. The lowest BCUT2D eigenvalue weighted by atomic mass is 10.1. The first-order valence-corrected chi connectivity index (χ1v) is 5.04. The van der Waals surface area contributed by atoms with Crippen LogP contribution < -0.4 is 4.90 Å². The predicted octanol–water partition coefficient (Wildman–Crippen LogP) is 2.58. The third kappa shape index (κ3) is 2.26. The Labute approximate surface area is 86.2 Å². The fraction of sp³-hybridized carbons (Fsp3) is 0.500. The van der Waals surface area contributed by atoms with E-state index in [0.717, 1.165) is 11.3 Å². The van der Waals surface area contributed by atoms with E-state index >= 15 is 0 Å². The fourth-order valence-corrected chi connectivity index (χ4v) is 1.44. The first kappa shape index (κ1) is 11.1. The molecule has 0 aromatic heterocycles. The van der Waals surface area contributed by atoms with Gasteiger partial charge in [0.05, 0.1) is 6.10 Å². The Balaban J connectivity index is 3.06. The molecule has 0 unspecified atom stereocenters. The molecule has 0 bridgehead atoms. The minimum atomic E-state index is -0.410. The van der Waals surface area contributed by atoms with Gasteiger partial charge in [-0.1, -0.05) is 18.2 Å². The van der Waals surface area contributed by atoms with E-state index in [2.05, 4.69) is 18.7 Å². The van der Waals surface area contributed by atoms with Crippen LogP contribution in [0.15, 0.2) is 24.3 Å². The van der Waals surface area contributed by atoms with Crippen LogP contribution in [0.1, 0.15) is 32.4 Å². The molecule has 1 aromatic carbocycles. The Kier molecular flexibility index (Phi) is 3.53. The van der Waals surface area contributed by atoms with Crippen molar-refractivity contribution < 1.29 is 5.11 Å². The third-order valence-corrected chi connectivity index (χ3v) is 2.54. The highest BCUT2D eigenvalue weighted by atomic mass is 16.3. The summed E-state index contributed by atoms with van der Waals surface area (Å²) in [6.07, 6.45) is -0.410. The summed E-state index contributed by atoms with van der Waals surface area (Å²) >= 11 is 0. The molecule has 0 aliphatic carbocycles. The molecule has 2 heteroatoms. The van der Waals surface area contributed by atoms with Crippen LogP contribution in [0, 0.1) is 0 Å². The van der Waals surface area contributed by atoms with Crippen molar-refractivity contribution in [3.63, 3.8) is 0 Å². The molecule has 0 aliphatic heterocycles. The number of hydrogen-bond acceptors (Lipinski definition) is 2. The van der Waals surface area contributed by atoms with E-state index in [1.165, 1.54) is 0 Å². The Bertz CT molecular complexity index is 294. The van der Waals surface area contributed by atoms with Crippen LogP contribution in [0.25, 0.3) is 0 Å². The number of hydrogen-bond donors (Lipinski definition) is 1. The van der Waals surface area contributed by atoms with E-state index in [0.29, 0.717) is 6.04 Å². The van der Waals surface area contributed by atoms with Crippen LogP contribution >= 0.6 is 0 Å². The monoisotopic (exact) mass is 193 g/mol. The second-order valence-electron chi connectivity index (χ2n) is 3.94. The van der Waals surface area contributed by atoms with E-state index in [4.69, 9.17) is 0 Å². The largest absolute Gasteiger partial charge is 0.389 e. The van der Waals surface area contributed by atoms with Gasteiger partial charge in [-0.25, -0.2) is 0 Å². The van der Waals surface area contributed by atoms with Gasteiger partial charge in [-0.2, -0.15) is 0 Å². The lowest BCUT2D eigenvalue weighted by molar-refractivity contribution is 0.199. The lowest BCUT2D eigenvalue weighted by Gasteiger charge is -2.27. The summed E-state index contributed by atoms with van der Waals surface area (Å²) in [4.78, 5) is 2.17. The van der Waals surface area contributed by atoms with Crippen molar-refractivity contribution in [2.75, 3.05) is 11.9 Å². The van der Waals surface area contributed by atoms with Gasteiger partial charge in [0.15, 0.2) is 0 Å². The molecule has 0 spiro atoms. The number of aliphatic hydroxyl groups is 1. The van der Waals surface area contributed by atoms with Crippen molar-refractivity contribution in [3.05, 3.63) is 29.8 Å². The summed E-state index contributed by atoms with van der Waals surface area (Å²) in [6, 6.07) is 8.41. The zero-order chi connectivity index (χ0) is 10.7. The Morgan fingerprint density at radius 2 is 1.71 bits per heavy atom. The lowest BCUT2D eigenvalue weighted by Crippen LogP contribution is -2.26. The molecule has 0 radical (unpaired) electrons. The molecule has 0 fully saturated rings. The maximum absolute atomic E-state index is 9.61. The van der Waals surface area contributed by atoms with Gasteiger partial charge in [0, 0.05) is 24.3 Å². The second kappa shape index (κ2) is 4.47. The normalized spacial score (nSPS) is 13.0. The predicted molar refractivity (Wildman–Crippen MR) is 60.6 cm³/mol. The molecule has 0 saturated heterocycles. The number of anilines is 1. The summed E-state index contributed by atoms with van der Waals surface area (Å²) in [5.74, 6) is 0. The van der Waals surface area contributed by atoms with Gasteiger partial charge in [0.25, 0.3) is 0 Å². The fourth-order valence-electron chi connectivity index (χ4n) is 1.44. The van der Waals surface area contributed by atoms with Crippen LogP contribution in [-0.4, -0.2) is 18.2 Å². The zero-order valence-corrected chi connectivity index (χ0v) is 9.36. The zero-order valence-electron chi connectivity index (χ0n) is 9.36. The van der Waals surface area contributed by atoms with Crippen molar-refractivity contribution >= 4 is 5.69 Å². The van der Waals surface area contributed by atoms with Gasteiger partial charge in [0.2, 0.25) is 0 Å². The third-order valence-electron chi connectivity index (χ3n) is 2.54. The quantitative estimate of drug-likeness (QED) is 0.797. The SMILES string of the molecule is CC(C)N(C)c1ccccc1[C@H](C)O. The van der Waals surface area contributed by atoms with Gasteiger partial charge < -0.3 is 10.0 Å². The number of nitrogens with zero attached hydrogens (tertiary/aromatic N) is 1. The molecular weight excluding hydrogens is 174 g/mol. The smallest absolute Gasteiger partial charge is 0.0781 e. The first-order chi connectivity index (χ1) is 6.54. The summed E-state index contributed by atoms with van der Waals surface area (Å²) in [5.41, 5.74) is 2.10. The Morgan fingerprint density at radius 1 is 1.14 bits per heavy atom. The molecule has 78 valence electrons. The molecule has 0 saturated carbocycles. The van der Waals surface area contributed by atoms with Crippen LogP contribution in [0.5, 0.6) is 0 Å². The highest BCUT2D eigenvalue weighted by Gasteiger charge is 2.12. The average Bonchev–Trinajstić information content (AvgIpc) is 2.16. The second-order valence-corrected chi connectivity index (χ2v) is 3.94. The topological polar surface area (TPSA) is 23.5 Å². The van der Waals surface area contributed by atoms with Gasteiger partial charge in [-0.3, -0.25) is 0 Å². The summed E-state index contributed by atoms with van der Waals surface area (Å²) in [5, 5.41) is 9.61. The van der Waals surface area contributed by atoms with Crippen LogP contribution in [0.2, 0.25) is 0 Å². The first-order valence-electron chi connectivity index (χ1n) is 5.04. The average molecular weight is 193 g/mol. The molecular formula is C12H19NO. The molecule has 14 heavy (non-hydrogen) atoms. The molecule has 1 atom stereocenters.